The van der Waals surface area contributed by atoms with Crippen molar-refractivity contribution < 1.29 is 13.2 Å². The molecule has 0 bridgehead atoms. The van der Waals surface area contributed by atoms with Gasteiger partial charge in [-0.3, -0.25) is 4.79 Å². The van der Waals surface area contributed by atoms with E-state index in [-0.39, 0.29) is 5.91 Å². The molecular formula is C12H13NO3S. The normalized spacial score (nSPS) is 14.5. The number of carbonyl (C=O) groups is 1. The van der Waals surface area contributed by atoms with Gasteiger partial charge in [0.2, 0.25) is 5.91 Å². The van der Waals surface area contributed by atoms with Gasteiger partial charge in [0, 0.05) is 18.5 Å². The van der Waals surface area contributed by atoms with Crippen LogP contribution >= 0.6 is 0 Å². The van der Waals surface area contributed by atoms with Gasteiger partial charge in [0.25, 0.3) is 0 Å². The van der Waals surface area contributed by atoms with Crippen molar-refractivity contribution in [2.75, 3.05) is 17.7 Å². The Bertz CT molecular complexity index is 590. The Morgan fingerprint density at radius 3 is 2.76 bits per heavy atom. The first kappa shape index (κ1) is 11.9. The zero-order valence-electron chi connectivity index (χ0n) is 9.51. The standard InChI is InChI=1S/C12H13NO3S/c1-3-12(14)13-7-6-9-8-10(17(2,15)16)4-5-11(9)13/h3-5,8H,1,6-7H2,2H3. The van der Waals surface area contributed by atoms with E-state index in [4.69, 9.17) is 0 Å². The van der Waals surface area contributed by atoms with Crippen molar-refractivity contribution in [2.24, 2.45) is 0 Å². The van der Waals surface area contributed by atoms with Crippen molar-refractivity contribution in [1.82, 2.24) is 0 Å². The Morgan fingerprint density at radius 1 is 1.47 bits per heavy atom. The molecule has 0 fully saturated rings. The van der Waals surface area contributed by atoms with E-state index in [1.54, 1.807) is 17.0 Å². The van der Waals surface area contributed by atoms with Crippen molar-refractivity contribution in [2.45, 2.75) is 11.3 Å². The van der Waals surface area contributed by atoms with Gasteiger partial charge in [-0.15, -0.1) is 0 Å². The van der Waals surface area contributed by atoms with Gasteiger partial charge in [-0.1, -0.05) is 6.58 Å². The summed E-state index contributed by atoms with van der Waals surface area (Å²) in [6, 6.07) is 4.85. The number of sulfone groups is 1. The van der Waals surface area contributed by atoms with E-state index in [2.05, 4.69) is 6.58 Å². The summed E-state index contributed by atoms with van der Waals surface area (Å²) >= 11 is 0. The average molecular weight is 251 g/mol. The zero-order valence-corrected chi connectivity index (χ0v) is 10.3. The molecule has 0 atom stereocenters. The second-order valence-electron chi connectivity index (χ2n) is 4.01. The zero-order chi connectivity index (χ0) is 12.6. The molecule has 0 unspecified atom stereocenters. The third-order valence-electron chi connectivity index (χ3n) is 2.82. The fraction of sp³-hybridized carbons (Fsp3) is 0.250. The van der Waals surface area contributed by atoms with E-state index in [9.17, 15) is 13.2 Å². The van der Waals surface area contributed by atoms with Crippen LogP contribution in [0.1, 0.15) is 5.56 Å². The predicted molar refractivity (Wildman–Crippen MR) is 65.8 cm³/mol. The van der Waals surface area contributed by atoms with E-state index >= 15 is 0 Å². The third kappa shape index (κ3) is 2.10. The van der Waals surface area contributed by atoms with Crippen LogP contribution in [-0.2, 0) is 21.1 Å². The number of anilines is 1. The van der Waals surface area contributed by atoms with Crippen LogP contribution < -0.4 is 4.90 Å². The van der Waals surface area contributed by atoms with Crippen molar-refractivity contribution in [3.63, 3.8) is 0 Å². The van der Waals surface area contributed by atoms with Gasteiger partial charge >= 0.3 is 0 Å². The smallest absolute Gasteiger partial charge is 0.250 e. The van der Waals surface area contributed by atoms with Gasteiger partial charge in [-0.25, -0.2) is 8.42 Å². The molecule has 17 heavy (non-hydrogen) atoms. The Balaban J connectivity index is 2.45. The van der Waals surface area contributed by atoms with E-state index < -0.39 is 9.84 Å². The first-order valence-corrected chi connectivity index (χ1v) is 7.09. The van der Waals surface area contributed by atoms with Gasteiger partial charge in [0.1, 0.15) is 0 Å². The second-order valence-corrected chi connectivity index (χ2v) is 6.02. The lowest BCUT2D eigenvalue weighted by Gasteiger charge is -2.14. The average Bonchev–Trinajstić information content (AvgIpc) is 2.69. The molecule has 90 valence electrons. The largest absolute Gasteiger partial charge is 0.308 e. The molecule has 1 aliphatic rings. The summed E-state index contributed by atoms with van der Waals surface area (Å²) in [6.07, 6.45) is 3.12. The summed E-state index contributed by atoms with van der Waals surface area (Å²) < 4.78 is 22.8. The molecule has 1 heterocycles. The van der Waals surface area contributed by atoms with Crippen LogP contribution in [-0.4, -0.2) is 27.1 Å². The molecule has 5 heteroatoms. The van der Waals surface area contributed by atoms with Crippen molar-refractivity contribution in [3.05, 3.63) is 36.4 Å². The lowest BCUT2D eigenvalue weighted by Crippen LogP contribution is -2.26. The summed E-state index contributed by atoms with van der Waals surface area (Å²) in [5, 5.41) is 0. The topological polar surface area (TPSA) is 54.5 Å². The number of carbonyl (C=O) groups excluding carboxylic acids is 1. The van der Waals surface area contributed by atoms with E-state index in [1.807, 2.05) is 0 Å². The molecule has 2 rings (SSSR count). The number of benzene rings is 1. The van der Waals surface area contributed by atoms with E-state index in [1.165, 1.54) is 18.4 Å². The van der Waals surface area contributed by atoms with E-state index in [0.717, 1.165) is 11.3 Å². The molecule has 1 amide bonds. The molecular weight excluding hydrogens is 238 g/mol. The molecule has 0 saturated carbocycles. The van der Waals surface area contributed by atoms with Gasteiger partial charge in [-0.05, 0) is 36.3 Å². The molecule has 0 saturated heterocycles. The summed E-state index contributed by atoms with van der Waals surface area (Å²) in [7, 11) is -3.19. The molecule has 1 aromatic rings. The van der Waals surface area contributed by atoms with Crippen molar-refractivity contribution in [3.8, 4) is 0 Å². The maximum atomic E-state index is 11.5. The van der Waals surface area contributed by atoms with Crippen molar-refractivity contribution >= 4 is 21.4 Å². The minimum Gasteiger partial charge on any atom is -0.308 e. The summed E-state index contributed by atoms with van der Waals surface area (Å²) in [4.78, 5) is 13.4. The monoisotopic (exact) mass is 251 g/mol. The molecule has 0 aliphatic carbocycles. The minimum atomic E-state index is -3.19. The summed E-state index contributed by atoms with van der Waals surface area (Å²) in [6.45, 7) is 4.02. The first-order chi connectivity index (χ1) is 7.93. The molecule has 1 aliphatic heterocycles. The van der Waals surface area contributed by atoms with Crippen LogP contribution in [0, 0.1) is 0 Å². The Morgan fingerprint density at radius 2 is 2.18 bits per heavy atom. The van der Waals surface area contributed by atoms with Crippen molar-refractivity contribution in [1.29, 1.82) is 0 Å². The van der Waals surface area contributed by atoms with E-state index in [0.29, 0.717) is 17.9 Å². The van der Waals surface area contributed by atoms with Crippen LogP contribution in [0.4, 0.5) is 5.69 Å². The first-order valence-electron chi connectivity index (χ1n) is 5.20. The van der Waals surface area contributed by atoms with Crippen LogP contribution in [0.25, 0.3) is 0 Å². The van der Waals surface area contributed by atoms with Gasteiger partial charge in [0.15, 0.2) is 9.84 Å². The van der Waals surface area contributed by atoms with Crippen LogP contribution in [0.3, 0.4) is 0 Å². The fourth-order valence-corrected chi connectivity index (χ4v) is 2.62. The molecule has 1 aromatic carbocycles. The lowest BCUT2D eigenvalue weighted by molar-refractivity contribution is -0.114. The third-order valence-corrected chi connectivity index (χ3v) is 3.93. The summed E-state index contributed by atoms with van der Waals surface area (Å²) in [5.74, 6) is -0.157. The Hall–Kier alpha value is -1.62. The van der Waals surface area contributed by atoms with Gasteiger partial charge in [-0.2, -0.15) is 0 Å². The Labute approximate surface area is 100 Å². The molecule has 4 nitrogen and oxygen atoms in total. The highest BCUT2D eigenvalue weighted by molar-refractivity contribution is 7.90. The van der Waals surface area contributed by atoms with Crippen LogP contribution in [0.15, 0.2) is 35.7 Å². The molecule has 0 N–H and O–H groups in total. The maximum absolute atomic E-state index is 11.5. The Kier molecular flexibility index (Phi) is 2.79. The maximum Gasteiger partial charge on any atom is 0.250 e. The highest BCUT2D eigenvalue weighted by atomic mass is 32.2. The van der Waals surface area contributed by atoms with Gasteiger partial charge in [0.05, 0.1) is 4.90 Å². The predicted octanol–water partition coefficient (Wildman–Crippen LogP) is 1.17. The number of rotatable bonds is 2. The quantitative estimate of drug-likeness (QED) is 0.741. The number of amides is 1. The fourth-order valence-electron chi connectivity index (χ4n) is 1.95. The lowest BCUT2D eigenvalue weighted by atomic mass is 10.2. The van der Waals surface area contributed by atoms with Crippen LogP contribution in [0.2, 0.25) is 0 Å². The number of hydrogen-bond donors (Lipinski definition) is 0. The second kappa shape index (κ2) is 4.00. The van der Waals surface area contributed by atoms with Gasteiger partial charge < -0.3 is 4.90 Å². The minimum absolute atomic E-state index is 0.157. The SMILES string of the molecule is C=CC(=O)N1CCc2cc(S(C)(=O)=O)ccc21. The highest BCUT2D eigenvalue weighted by Crippen LogP contribution is 2.30. The highest BCUT2D eigenvalue weighted by Gasteiger charge is 2.24. The number of nitrogens with zero attached hydrogens (tertiary/aromatic N) is 1. The molecule has 0 spiro atoms. The molecule has 0 radical (unpaired) electrons. The summed E-state index contributed by atoms with van der Waals surface area (Å²) in [5.41, 5.74) is 1.67. The number of fused-ring (bicyclic) bond motifs is 1. The number of hydrogen-bond acceptors (Lipinski definition) is 3. The molecule has 0 aromatic heterocycles. The van der Waals surface area contributed by atoms with Crippen LogP contribution in [0.5, 0.6) is 0 Å².